The van der Waals surface area contributed by atoms with E-state index in [0.29, 0.717) is 29.2 Å². The maximum Gasteiger partial charge on any atom is 0.277 e. The number of aryl methyl sites for hydroxylation is 1. The third-order valence-corrected chi connectivity index (χ3v) is 4.07. The van der Waals surface area contributed by atoms with E-state index in [1.54, 1.807) is 7.11 Å². The summed E-state index contributed by atoms with van der Waals surface area (Å²) in [5.41, 5.74) is 1.08. The van der Waals surface area contributed by atoms with Crippen molar-refractivity contribution >= 4 is 11.8 Å². The molecule has 0 atom stereocenters. The molecule has 0 saturated carbocycles. The Morgan fingerprint density at radius 3 is 2.71 bits per heavy atom. The van der Waals surface area contributed by atoms with Gasteiger partial charge in [-0.05, 0) is 24.1 Å². The van der Waals surface area contributed by atoms with Gasteiger partial charge in [-0.3, -0.25) is 0 Å². The van der Waals surface area contributed by atoms with Gasteiger partial charge in [0.05, 0.1) is 19.3 Å². The van der Waals surface area contributed by atoms with Crippen molar-refractivity contribution < 1.29 is 13.7 Å². The van der Waals surface area contributed by atoms with Gasteiger partial charge >= 0.3 is 0 Å². The summed E-state index contributed by atoms with van der Waals surface area (Å²) >= 11 is 1.39. The van der Waals surface area contributed by atoms with Crippen molar-refractivity contribution in [2.45, 2.75) is 37.2 Å². The SMILES string of the molecule is CCCc1noc(CSc2nnc(Cc3ccc(OC)cc3)o2)n1. The van der Waals surface area contributed by atoms with Crippen molar-refractivity contribution in [1.82, 2.24) is 20.3 Å². The second-order valence-corrected chi connectivity index (χ2v) is 6.06. The van der Waals surface area contributed by atoms with E-state index in [0.717, 1.165) is 30.0 Å². The fraction of sp³-hybridized carbons (Fsp3) is 0.375. The molecule has 126 valence electrons. The van der Waals surface area contributed by atoms with E-state index in [-0.39, 0.29) is 0 Å². The van der Waals surface area contributed by atoms with Crippen LogP contribution in [0.3, 0.4) is 0 Å². The molecule has 1 aromatic carbocycles. The van der Waals surface area contributed by atoms with Gasteiger partial charge in [-0.1, -0.05) is 36.0 Å². The van der Waals surface area contributed by atoms with Gasteiger partial charge in [-0.15, -0.1) is 10.2 Å². The molecule has 0 unspecified atom stereocenters. The third kappa shape index (κ3) is 4.35. The molecule has 0 bridgehead atoms. The van der Waals surface area contributed by atoms with Gasteiger partial charge in [-0.25, -0.2) is 0 Å². The second-order valence-electron chi connectivity index (χ2n) is 5.13. The van der Waals surface area contributed by atoms with Gasteiger partial charge < -0.3 is 13.7 Å². The van der Waals surface area contributed by atoms with E-state index in [2.05, 4.69) is 27.3 Å². The average Bonchev–Trinajstić information content (AvgIpc) is 3.23. The maximum atomic E-state index is 5.64. The summed E-state index contributed by atoms with van der Waals surface area (Å²) in [6.07, 6.45) is 2.39. The summed E-state index contributed by atoms with van der Waals surface area (Å²) in [5, 5.41) is 12.5. The first-order chi connectivity index (χ1) is 11.8. The van der Waals surface area contributed by atoms with Crippen LogP contribution in [0.15, 0.2) is 38.4 Å². The van der Waals surface area contributed by atoms with Crippen LogP contribution >= 0.6 is 11.8 Å². The second kappa shape index (κ2) is 7.96. The van der Waals surface area contributed by atoms with Crippen LogP contribution in [0.2, 0.25) is 0 Å². The van der Waals surface area contributed by atoms with Crippen molar-refractivity contribution in [2.24, 2.45) is 0 Å². The molecule has 0 aliphatic rings. The maximum absolute atomic E-state index is 5.64. The summed E-state index contributed by atoms with van der Waals surface area (Å²) in [4.78, 5) is 4.31. The van der Waals surface area contributed by atoms with Crippen LogP contribution in [0, 0.1) is 0 Å². The molecule has 0 spiro atoms. The Labute approximate surface area is 143 Å². The van der Waals surface area contributed by atoms with E-state index in [1.807, 2.05) is 24.3 Å². The van der Waals surface area contributed by atoms with Crippen LogP contribution in [0.5, 0.6) is 5.75 Å². The summed E-state index contributed by atoms with van der Waals surface area (Å²) < 4.78 is 16.0. The molecule has 2 heterocycles. The topological polar surface area (TPSA) is 87.1 Å². The van der Waals surface area contributed by atoms with E-state index < -0.39 is 0 Å². The van der Waals surface area contributed by atoms with Crippen molar-refractivity contribution in [3.63, 3.8) is 0 Å². The van der Waals surface area contributed by atoms with Crippen LogP contribution in [0.25, 0.3) is 0 Å². The lowest BCUT2D eigenvalue weighted by molar-refractivity contribution is 0.383. The summed E-state index contributed by atoms with van der Waals surface area (Å²) in [7, 11) is 1.64. The lowest BCUT2D eigenvalue weighted by atomic mass is 10.1. The summed E-state index contributed by atoms with van der Waals surface area (Å²) in [5.74, 6) is 3.21. The number of nitrogens with zero attached hydrogens (tertiary/aromatic N) is 4. The molecule has 0 aliphatic carbocycles. The fourth-order valence-electron chi connectivity index (χ4n) is 2.08. The molecule has 24 heavy (non-hydrogen) atoms. The first kappa shape index (κ1) is 16.5. The molecule has 3 rings (SSSR count). The molecule has 8 heteroatoms. The van der Waals surface area contributed by atoms with Crippen LogP contribution in [0.1, 0.15) is 36.5 Å². The van der Waals surface area contributed by atoms with Crippen molar-refractivity contribution in [3.05, 3.63) is 47.4 Å². The molecule has 0 N–H and O–H groups in total. The Balaban J connectivity index is 1.54. The number of benzene rings is 1. The molecule has 2 aromatic heterocycles. The molecule has 7 nitrogen and oxygen atoms in total. The van der Waals surface area contributed by atoms with E-state index in [4.69, 9.17) is 13.7 Å². The number of methoxy groups -OCH3 is 1. The molecule has 0 radical (unpaired) electrons. The Morgan fingerprint density at radius 2 is 1.96 bits per heavy atom. The minimum atomic E-state index is 0.494. The molecule has 0 saturated heterocycles. The Morgan fingerprint density at radius 1 is 1.12 bits per heavy atom. The average molecular weight is 346 g/mol. The van der Waals surface area contributed by atoms with Crippen LogP contribution in [-0.2, 0) is 18.6 Å². The minimum Gasteiger partial charge on any atom is -0.497 e. The standard InChI is InChI=1S/C16H18N4O3S/c1-3-4-13-17-15(23-20-13)10-24-16-19-18-14(22-16)9-11-5-7-12(21-2)8-6-11/h5-8H,3-4,9-10H2,1-2H3. The van der Waals surface area contributed by atoms with Gasteiger partial charge in [0.2, 0.25) is 11.8 Å². The third-order valence-electron chi connectivity index (χ3n) is 3.27. The van der Waals surface area contributed by atoms with E-state index in [1.165, 1.54) is 11.8 Å². The van der Waals surface area contributed by atoms with Crippen LogP contribution < -0.4 is 4.74 Å². The lowest BCUT2D eigenvalue weighted by Gasteiger charge is -2.00. The number of hydrogen-bond donors (Lipinski definition) is 0. The predicted octanol–water partition coefficient (Wildman–Crippen LogP) is 3.30. The van der Waals surface area contributed by atoms with E-state index in [9.17, 15) is 0 Å². The van der Waals surface area contributed by atoms with Gasteiger partial charge in [0, 0.05) is 6.42 Å². The normalized spacial score (nSPS) is 10.9. The van der Waals surface area contributed by atoms with Gasteiger partial charge in [0.15, 0.2) is 5.82 Å². The molecule has 0 aliphatic heterocycles. The summed E-state index contributed by atoms with van der Waals surface area (Å²) in [6.45, 7) is 2.08. The highest BCUT2D eigenvalue weighted by molar-refractivity contribution is 7.98. The Bertz CT molecular complexity index is 770. The smallest absolute Gasteiger partial charge is 0.277 e. The highest BCUT2D eigenvalue weighted by atomic mass is 32.2. The van der Waals surface area contributed by atoms with Gasteiger partial charge in [0.25, 0.3) is 5.22 Å². The monoisotopic (exact) mass is 346 g/mol. The minimum absolute atomic E-state index is 0.494. The predicted molar refractivity (Wildman–Crippen MR) is 88.0 cm³/mol. The number of rotatable bonds is 8. The first-order valence-electron chi connectivity index (χ1n) is 7.66. The zero-order chi connectivity index (χ0) is 16.8. The zero-order valence-corrected chi connectivity index (χ0v) is 14.4. The fourth-order valence-corrected chi connectivity index (χ4v) is 2.70. The van der Waals surface area contributed by atoms with Crippen molar-refractivity contribution in [2.75, 3.05) is 7.11 Å². The van der Waals surface area contributed by atoms with Crippen LogP contribution in [0.4, 0.5) is 0 Å². The van der Waals surface area contributed by atoms with Gasteiger partial charge in [0.1, 0.15) is 5.75 Å². The number of thioether (sulfide) groups is 1. The van der Waals surface area contributed by atoms with Gasteiger partial charge in [-0.2, -0.15) is 4.98 Å². The lowest BCUT2D eigenvalue weighted by Crippen LogP contribution is -1.89. The summed E-state index contributed by atoms with van der Waals surface area (Å²) in [6, 6.07) is 7.77. The van der Waals surface area contributed by atoms with Crippen molar-refractivity contribution in [1.29, 1.82) is 0 Å². The molecular formula is C16H18N4O3S. The Kier molecular flexibility index (Phi) is 5.47. The molecule has 0 amide bonds. The molecular weight excluding hydrogens is 328 g/mol. The number of hydrogen-bond acceptors (Lipinski definition) is 8. The molecule has 0 fully saturated rings. The zero-order valence-electron chi connectivity index (χ0n) is 13.6. The quantitative estimate of drug-likeness (QED) is 0.574. The van der Waals surface area contributed by atoms with Crippen LogP contribution in [-0.4, -0.2) is 27.4 Å². The largest absolute Gasteiger partial charge is 0.497 e. The number of aromatic nitrogens is 4. The van der Waals surface area contributed by atoms with Crippen molar-refractivity contribution in [3.8, 4) is 5.75 Å². The van der Waals surface area contributed by atoms with E-state index >= 15 is 0 Å². The molecule has 3 aromatic rings. The Hall–Kier alpha value is -2.35. The highest BCUT2D eigenvalue weighted by Crippen LogP contribution is 2.22. The number of ether oxygens (including phenoxy) is 1. The highest BCUT2D eigenvalue weighted by Gasteiger charge is 2.11. The first-order valence-corrected chi connectivity index (χ1v) is 8.65.